The summed E-state index contributed by atoms with van der Waals surface area (Å²) in [5.41, 5.74) is 0.582. The van der Waals surface area contributed by atoms with Crippen LogP contribution in [0.25, 0.3) is 0 Å². The summed E-state index contributed by atoms with van der Waals surface area (Å²) in [6.07, 6.45) is 0. The van der Waals surface area contributed by atoms with Crippen molar-refractivity contribution in [3.05, 3.63) is 59.7 Å². The van der Waals surface area contributed by atoms with Gasteiger partial charge in [-0.3, -0.25) is 9.59 Å². The van der Waals surface area contributed by atoms with Crippen LogP contribution < -0.4 is 15.4 Å². The number of ether oxygens (including phenoxy) is 1. The fourth-order valence-electron chi connectivity index (χ4n) is 2.31. The molecule has 0 atom stereocenters. The Balaban J connectivity index is 2.01. The molecule has 0 unspecified atom stereocenters. The van der Waals surface area contributed by atoms with Crippen molar-refractivity contribution in [3.63, 3.8) is 0 Å². The molecule has 0 fully saturated rings. The molecule has 144 valence electrons. The summed E-state index contributed by atoms with van der Waals surface area (Å²) in [6.45, 7) is 11.6. The maximum absolute atomic E-state index is 12.1. The fourth-order valence-corrected chi connectivity index (χ4v) is 2.31. The first-order valence-electron chi connectivity index (χ1n) is 8.96. The van der Waals surface area contributed by atoms with Crippen molar-refractivity contribution in [2.45, 2.75) is 52.6 Å². The Kier molecular flexibility index (Phi) is 5.94. The maximum atomic E-state index is 12.1. The van der Waals surface area contributed by atoms with Crippen molar-refractivity contribution >= 4 is 11.8 Å². The summed E-state index contributed by atoms with van der Waals surface area (Å²) >= 11 is 0. The van der Waals surface area contributed by atoms with Gasteiger partial charge in [-0.1, -0.05) is 0 Å². The molecule has 5 heteroatoms. The van der Waals surface area contributed by atoms with Crippen molar-refractivity contribution in [2.75, 3.05) is 0 Å². The van der Waals surface area contributed by atoms with Gasteiger partial charge >= 0.3 is 0 Å². The number of amides is 2. The van der Waals surface area contributed by atoms with E-state index in [0.717, 1.165) is 0 Å². The molecular formula is C22H28N2O3. The molecule has 0 spiro atoms. The summed E-state index contributed by atoms with van der Waals surface area (Å²) in [4.78, 5) is 24.3. The van der Waals surface area contributed by atoms with Crippen LogP contribution in [0.1, 0.15) is 62.3 Å². The van der Waals surface area contributed by atoms with Crippen molar-refractivity contribution < 1.29 is 14.3 Å². The average Bonchev–Trinajstić information content (AvgIpc) is 2.53. The Morgan fingerprint density at radius 2 is 0.926 bits per heavy atom. The van der Waals surface area contributed by atoms with E-state index in [0.29, 0.717) is 22.6 Å². The van der Waals surface area contributed by atoms with Crippen LogP contribution in [0.2, 0.25) is 0 Å². The lowest BCUT2D eigenvalue weighted by atomic mass is 10.1. The predicted octanol–water partition coefficient (Wildman–Crippen LogP) is 4.54. The van der Waals surface area contributed by atoms with Crippen LogP contribution in [0.4, 0.5) is 0 Å². The lowest BCUT2D eigenvalue weighted by molar-refractivity contribution is 0.0910. The number of hydrogen-bond acceptors (Lipinski definition) is 3. The summed E-state index contributed by atoms with van der Waals surface area (Å²) in [6, 6.07) is 13.9. The van der Waals surface area contributed by atoms with Crippen LogP contribution in [0.5, 0.6) is 11.5 Å². The van der Waals surface area contributed by atoms with Gasteiger partial charge in [-0.05, 0) is 90.1 Å². The van der Waals surface area contributed by atoms with Crippen LogP contribution >= 0.6 is 0 Å². The Morgan fingerprint density at radius 3 is 1.19 bits per heavy atom. The minimum absolute atomic E-state index is 0.122. The monoisotopic (exact) mass is 368 g/mol. The van der Waals surface area contributed by atoms with Gasteiger partial charge in [0.2, 0.25) is 0 Å². The molecule has 0 aliphatic carbocycles. The number of benzene rings is 2. The topological polar surface area (TPSA) is 67.4 Å². The molecule has 2 aromatic carbocycles. The first kappa shape index (κ1) is 20.5. The molecule has 2 aromatic rings. The predicted molar refractivity (Wildman–Crippen MR) is 107 cm³/mol. The molecule has 5 nitrogen and oxygen atoms in total. The molecule has 2 amide bonds. The summed E-state index contributed by atoms with van der Waals surface area (Å²) in [7, 11) is 0. The Bertz CT molecular complexity index is 726. The molecule has 27 heavy (non-hydrogen) atoms. The second-order valence-electron chi connectivity index (χ2n) is 8.56. The van der Waals surface area contributed by atoms with E-state index in [9.17, 15) is 9.59 Å². The highest BCUT2D eigenvalue weighted by atomic mass is 16.5. The molecule has 0 saturated carbocycles. The lowest BCUT2D eigenvalue weighted by Crippen LogP contribution is -2.40. The summed E-state index contributed by atoms with van der Waals surface area (Å²) in [5.74, 6) is 0.995. The Labute approximate surface area is 161 Å². The minimum Gasteiger partial charge on any atom is -0.457 e. The highest BCUT2D eigenvalue weighted by Gasteiger charge is 2.16. The number of rotatable bonds is 4. The molecule has 0 aliphatic heterocycles. The van der Waals surface area contributed by atoms with Gasteiger partial charge in [0, 0.05) is 22.2 Å². The van der Waals surface area contributed by atoms with E-state index in [-0.39, 0.29) is 22.9 Å². The van der Waals surface area contributed by atoms with Gasteiger partial charge in [0.25, 0.3) is 11.8 Å². The second-order valence-corrected chi connectivity index (χ2v) is 8.56. The molecule has 2 N–H and O–H groups in total. The summed E-state index contributed by atoms with van der Waals surface area (Å²) in [5, 5.41) is 5.84. The number of carbonyl (C=O) groups excluding carboxylic acids is 2. The zero-order chi connectivity index (χ0) is 20.2. The van der Waals surface area contributed by atoms with Gasteiger partial charge in [-0.2, -0.15) is 0 Å². The van der Waals surface area contributed by atoms with Crippen molar-refractivity contribution in [2.24, 2.45) is 0 Å². The number of nitrogens with one attached hydrogen (secondary N) is 2. The molecule has 0 radical (unpaired) electrons. The molecule has 0 bridgehead atoms. The molecule has 0 saturated heterocycles. The molecule has 2 rings (SSSR count). The van der Waals surface area contributed by atoms with E-state index in [4.69, 9.17) is 4.74 Å². The van der Waals surface area contributed by atoms with Crippen molar-refractivity contribution in [1.29, 1.82) is 0 Å². The first-order valence-corrected chi connectivity index (χ1v) is 8.96. The average molecular weight is 368 g/mol. The van der Waals surface area contributed by atoms with Crippen LogP contribution in [0.15, 0.2) is 48.5 Å². The van der Waals surface area contributed by atoms with E-state index in [1.54, 1.807) is 48.5 Å². The van der Waals surface area contributed by atoms with E-state index >= 15 is 0 Å². The molecule has 0 heterocycles. The fraction of sp³-hybridized carbons (Fsp3) is 0.364. The Morgan fingerprint density at radius 1 is 0.630 bits per heavy atom. The van der Waals surface area contributed by atoms with Crippen LogP contribution in [0.3, 0.4) is 0 Å². The number of hydrogen-bond donors (Lipinski definition) is 2. The largest absolute Gasteiger partial charge is 0.457 e. The third kappa shape index (κ3) is 6.77. The Hall–Kier alpha value is -2.82. The number of carbonyl (C=O) groups is 2. The third-order valence-electron chi connectivity index (χ3n) is 3.45. The lowest BCUT2D eigenvalue weighted by Gasteiger charge is -2.20. The van der Waals surface area contributed by atoms with Crippen molar-refractivity contribution in [1.82, 2.24) is 10.6 Å². The highest BCUT2D eigenvalue weighted by molar-refractivity contribution is 5.95. The molecule has 0 aromatic heterocycles. The highest BCUT2D eigenvalue weighted by Crippen LogP contribution is 2.22. The second kappa shape index (κ2) is 7.82. The van der Waals surface area contributed by atoms with Crippen molar-refractivity contribution in [3.8, 4) is 11.5 Å². The van der Waals surface area contributed by atoms with E-state index in [1.165, 1.54) is 0 Å². The van der Waals surface area contributed by atoms with Gasteiger partial charge in [-0.15, -0.1) is 0 Å². The van der Waals surface area contributed by atoms with E-state index < -0.39 is 0 Å². The maximum Gasteiger partial charge on any atom is 0.251 e. The SMILES string of the molecule is CC(C)(C)NC(=O)c1ccc(Oc2ccc(C(=O)NC(C)(C)C)cc2)cc1. The zero-order valence-electron chi connectivity index (χ0n) is 16.8. The summed E-state index contributed by atoms with van der Waals surface area (Å²) < 4.78 is 5.79. The standard InChI is InChI=1S/C22H28N2O3/c1-21(2,3)23-19(25)15-7-11-17(12-8-15)27-18-13-9-16(10-14-18)20(26)24-22(4,5)6/h7-14H,1-6H3,(H,23,25)(H,24,26). The minimum atomic E-state index is -0.284. The van der Waals surface area contributed by atoms with E-state index in [2.05, 4.69) is 10.6 Å². The van der Waals surface area contributed by atoms with Gasteiger partial charge in [-0.25, -0.2) is 0 Å². The van der Waals surface area contributed by atoms with E-state index in [1.807, 2.05) is 41.5 Å². The van der Waals surface area contributed by atoms with Crippen LogP contribution in [0, 0.1) is 0 Å². The smallest absolute Gasteiger partial charge is 0.251 e. The normalized spacial score (nSPS) is 11.6. The zero-order valence-corrected chi connectivity index (χ0v) is 16.8. The third-order valence-corrected chi connectivity index (χ3v) is 3.45. The quantitative estimate of drug-likeness (QED) is 0.833. The molecule has 0 aliphatic rings. The van der Waals surface area contributed by atoms with Gasteiger partial charge in [0.1, 0.15) is 11.5 Å². The van der Waals surface area contributed by atoms with Gasteiger partial charge in [0.15, 0.2) is 0 Å². The van der Waals surface area contributed by atoms with Crippen LogP contribution in [-0.2, 0) is 0 Å². The molecular weight excluding hydrogens is 340 g/mol. The first-order chi connectivity index (χ1) is 12.4. The van der Waals surface area contributed by atoms with Crippen LogP contribution in [-0.4, -0.2) is 22.9 Å². The van der Waals surface area contributed by atoms with Gasteiger partial charge in [0.05, 0.1) is 0 Å². The van der Waals surface area contributed by atoms with Gasteiger partial charge < -0.3 is 15.4 Å².